The fourth-order valence-corrected chi connectivity index (χ4v) is 5.07. The first-order valence-corrected chi connectivity index (χ1v) is 10.2. The van der Waals surface area contributed by atoms with Crippen molar-refractivity contribution in [2.75, 3.05) is 0 Å². The van der Waals surface area contributed by atoms with Crippen LogP contribution in [-0.4, -0.2) is 4.98 Å². The second-order valence-corrected chi connectivity index (χ2v) is 8.14. The van der Waals surface area contributed by atoms with E-state index in [0.717, 1.165) is 23.7 Å². The molecule has 0 atom stereocenters. The molecule has 0 saturated heterocycles. The summed E-state index contributed by atoms with van der Waals surface area (Å²) in [6.07, 6.45) is 17.6. The molecule has 2 saturated carbocycles. The Kier molecular flexibility index (Phi) is 6.14. The Morgan fingerprint density at radius 1 is 0.870 bits per heavy atom. The van der Waals surface area contributed by atoms with E-state index in [9.17, 15) is 0 Å². The highest BCUT2D eigenvalue weighted by Gasteiger charge is 2.31. The summed E-state index contributed by atoms with van der Waals surface area (Å²) >= 11 is 0. The highest BCUT2D eigenvalue weighted by molar-refractivity contribution is 5.17. The maximum Gasteiger partial charge on any atom is 0.0434 e. The van der Waals surface area contributed by atoms with Crippen molar-refractivity contribution >= 4 is 0 Å². The molecule has 3 rings (SSSR count). The van der Waals surface area contributed by atoms with Gasteiger partial charge in [0.2, 0.25) is 0 Å². The van der Waals surface area contributed by atoms with Gasteiger partial charge in [-0.15, -0.1) is 0 Å². The molecule has 1 nitrogen and oxygen atoms in total. The first kappa shape index (κ1) is 17.0. The van der Waals surface area contributed by atoms with E-state index >= 15 is 0 Å². The summed E-state index contributed by atoms with van der Waals surface area (Å²) in [6.45, 7) is 4.61. The van der Waals surface area contributed by atoms with E-state index in [4.69, 9.17) is 4.98 Å². The first-order valence-electron chi connectivity index (χ1n) is 10.2. The van der Waals surface area contributed by atoms with E-state index in [2.05, 4.69) is 32.2 Å². The molecular formula is C22H35N. The van der Waals surface area contributed by atoms with Crippen LogP contribution in [-0.2, 0) is 6.42 Å². The van der Waals surface area contributed by atoms with Crippen LogP contribution in [0.1, 0.15) is 95.2 Å². The first-order chi connectivity index (χ1) is 11.3. The summed E-state index contributed by atoms with van der Waals surface area (Å²) in [6, 6.07) is 4.62. The SMILES string of the molecule is CCCc1ccc(C2CCC([C@H]3CC[C@H](CC)CC3)CC2)nc1. The molecule has 0 bridgehead atoms. The monoisotopic (exact) mass is 313 g/mol. The number of pyridine rings is 1. The van der Waals surface area contributed by atoms with Crippen molar-refractivity contribution in [3.63, 3.8) is 0 Å². The molecule has 128 valence electrons. The Morgan fingerprint density at radius 2 is 1.52 bits per heavy atom. The van der Waals surface area contributed by atoms with E-state index in [0.29, 0.717) is 0 Å². The van der Waals surface area contributed by atoms with Gasteiger partial charge >= 0.3 is 0 Å². The van der Waals surface area contributed by atoms with Gasteiger partial charge in [-0.25, -0.2) is 0 Å². The smallest absolute Gasteiger partial charge is 0.0434 e. The molecular weight excluding hydrogens is 278 g/mol. The molecule has 1 heteroatoms. The molecule has 0 unspecified atom stereocenters. The van der Waals surface area contributed by atoms with Crippen molar-refractivity contribution < 1.29 is 0 Å². The second kappa shape index (κ2) is 8.31. The summed E-state index contributed by atoms with van der Waals surface area (Å²) in [4.78, 5) is 4.78. The van der Waals surface area contributed by atoms with Crippen LogP contribution in [0, 0.1) is 17.8 Å². The van der Waals surface area contributed by atoms with Crippen LogP contribution in [0.15, 0.2) is 18.3 Å². The third-order valence-electron chi connectivity index (χ3n) is 6.71. The van der Waals surface area contributed by atoms with E-state index < -0.39 is 0 Å². The Labute approximate surface area is 143 Å². The topological polar surface area (TPSA) is 12.9 Å². The number of hydrogen-bond acceptors (Lipinski definition) is 1. The average Bonchev–Trinajstić information content (AvgIpc) is 2.63. The van der Waals surface area contributed by atoms with Gasteiger partial charge in [-0.1, -0.05) is 45.6 Å². The van der Waals surface area contributed by atoms with Crippen molar-refractivity contribution in [3.05, 3.63) is 29.6 Å². The van der Waals surface area contributed by atoms with E-state index in [1.54, 1.807) is 0 Å². The molecule has 23 heavy (non-hydrogen) atoms. The molecule has 0 spiro atoms. The van der Waals surface area contributed by atoms with Gasteiger partial charge in [-0.05, 0) is 74.3 Å². The molecule has 0 aliphatic heterocycles. The highest BCUT2D eigenvalue weighted by Crippen LogP contribution is 2.43. The molecule has 0 N–H and O–H groups in total. The molecule has 0 amide bonds. The minimum atomic E-state index is 0.730. The standard InChI is InChI=1S/C22H35N/c1-3-5-18-8-15-22(23-16-18)21-13-11-20(12-14-21)19-9-6-17(4-2)7-10-19/h8,15-17,19-21H,3-7,9-14H2,1-2H3/t17-,19-,20?,21?. The zero-order chi connectivity index (χ0) is 16.1. The predicted octanol–water partition coefficient (Wildman–Crippen LogP) is 6.52. The predicted molar refractivity (Wildman–Crippen MR) is 98.7 cm³/mol. The van der Waals surface area contributed by atoms with Crippen LogP contribution in [0.4, 0.5) is 0 Å². The van der Waals surface area contributed by atoms with Crippen LogP contribution in [0.2, 0.25) is 0 Å². The molecule has 2 fully saturated rings. The fourth-order valence-electron chi connectivity index (χ4n) is 5.07. The van der Waals surface area contributed by atoms with Crippen LogP contribution in [0.25, 0.3) is 0 Å². The number of hydrogen-bond donors (Lipinski definition) is 0. The summed E-state index contributed by atoms with van der Waals surface area (Å²) < 4.78 is 0. The molecule has 0 aromatic carbocycles. The quantitative estimate of drug-likeness (QED) is 0.602. The zero-order valence-electron chi connectivity index (χ0n) is 15.3. The van der Waals surface area contributed by atoms with Crippen LogP contribution in [0.3, 0.4) is 0 Å². The average molecular weight is 314 g/mol. The Bertz CT molecular complexity index is 447. The largest absolute Gasteiger partial charge is 0.261 e. The van der Waals surface area contributed by atoms with Crippen molar-refractivity contribution in [2.45, 2.75) is 90.4 Å². The molecule has 1 heterocycles. The van der Waals surface area contributed by atoms with Crippen molar-refractivity contribution in [1.82, 2.24) is 4.98 Å². The minimum Gasteiger partial charge on any atom is -0.261 e. The summed E-state index contributed by atoms with van der Waals surface area (Å²) in [5, 5.41) is 0. The Hall–Kier alpha value is -0.850. The van der Waals surface area contributed by atoms with Gasteiger partial charge in [0.05, 0.1) is 0 Å². The van der Waals surface area contributed by atoms with Gasteiger partial charge in [0.1, 0.15) is 0 Å². The van der Waals surface area contributed by atoms with Gasteiger partial charge in [0.25, 0.3) is 0 Å². The van der Waals surface area contributed by atoms with Crippen LogP contribution >= 0.6 is 0 Å². The Balaban J connectivity index is 1.48. The van der Waals surface area contributed by atoms with Gasteiger partial charge in [-0.2, -0.15) is 0 Å². The number of nitrogens with zero attached hydrogens (tertiary/aromatic N) is 1. The van der Waals surface area contributed by atoms with E-state index in [-0.39, 0.29) is 0 Å². The van der Waals surface area contributed by atoms with Crippen LogP contribution < -0.4 is 0 Å². The molecule has 0 radical (unpaired) electrons. The van der Waals surface area contributed by atoms with E-state index in [1.165, 1.54) is 81.9 Å². The second-order valence-electron chi connectivity index (χ2n) is 8.14. The van der Waals surface area contributed by atoms with Gasteiger partial charge < -0.3 is 0 Å². The lowest BCUT2D eigenvalue weighted by atomic mass is 9.68. The molecule has 1 aromatic rings. The number of rotatable bonds is 5. The summed E-state index contributed by atoms with van der Waals surface area (Å²) in [7, 11) is 0. The maximum absolute atomic E-state index is 4.78. The zero-order valence-corrected chi connectivity index (χ0v) is 15.3. The fraction of sp³-hybridized carbons (Fsp3) is 0.773. The Morgan fingerprint density at radius 3 is 2.04 bits per heavy atom. The van der Waals surface area contributed by atoms with Gasteiger partial charge in [0, 0.05) is 17.8 Å². The minimum absolute atomic E-state index is 0.730. The van der Waals surface area contributed by atoms with Crippen molar-refractivity contribution in [3.8, 4) is 0 Å². The van der Waals surface area contributed by atoms with Gasteiger partial charge in [-0.3, -0.25) is 4.98 Å². The third kappa shape index (κ3) is 4.37. The normalized spacial score (nSPS) is 31.9. The highest BCUT2D eigenvalue weighted by atomic mass is 14.7. The molecule has 1 aromatic heterocycles. The summed E-state index contributed by atoms with van der Waals surface area (Å²) in [5.74, 6) is 3.82. The van der Waals surface area contributed by atoms with Crippen molar-refractivity contribution in [2.24, 2.45) is 17.8 Å². The lowest BCUT2D eigenvalue weighted by Crippen LogP contribution is -2.25. The maximum atomic E-state index is 4.78. The lowest BCUT2D eigenvalue weighted by Gasteiger charge is -2.37. The summed E-state index contributed by atoms with van der Waals surface area (Å²) in [5.41, 5.74) is 2.76. The molecule has 2 aliphatic rings. The third-order valence-corrected chi connectivity index (χ3v) is 6.71. The lowest BCUT2D eigenvalue weighted by molar-refractivity contribution is 0.158. The van der Waals surface area contributed by atoms with Crippen molar-refractivity contribution in [1.29, 1.82) is 0 Å². The van der Waals surface area contributed by atoms with E-state index in [1.807, 2.05) is 0 Å². The van der Waals surface area contributed by atoms with Crippen LogP contribution in [0.5, 0.6) is 0 Å². The number of aromatic nitrogens is 1. The van der Waals surface area contributed by atoms with Gasteiger partial charge in [0.15, 0.2) is 0 Å². The molecule has 2 aliphatic carbocycles. The number of aryl methyl sites for hydroxylation is 1.